The number of rotatable bonds is 4. The van der Waals surface area contributed by atoms with Crippen LogP contribution in [0.5, 0.6) is 0 Å². The van der Waals surface area contributed by atoms with Crippen molar-refractivity contribution in [3.05, 3.63) is 30.1 Å². The maximum Gasteiger partial charge on any atom is 0.0283 e. The fraction of sp³-hybridized carbons (Fsp3) is 0.643. The molecule has 0 atom stereocenters. The predicted molar refractivity (Wildman–Crippen MR) is 70.6 cm³/mol. The molecule has 94 valence electrons. The van der Waals surface area contributed by atoms with Gasteiger partial charge in [0.05, 0.1) is 0 Å². The summed E-state index contributed by atoms with van der Waals surface area (Å²) in [4.78, 5) is 6.37. The summed E-state index contributed by atoms with van der Waals surface area (Å²) in [5.41, 5.74) is 7.81. The fourth-order valence-corrected chi connectivity index (χ4v) is 2.81. The van der Waals surface area contributed by atoms with Crippen LogP contribution in [0.3, 0.4) is 0 Å². The lowest BCUT2D eigenvalue weighted by atomic mass is 9.82. The maximum absolute atomic E-state index is 6.46. The molecule has 2 rings (SSSR count). The molecule has 0 amide bonds. The Morgan fingerprint density at radius 2 is 1.88 bits per heavy atom. The van der Waals surface area contributed by atoms with Gasteiger partial charge in [-0.15, -0.1) is 0 Å². The SMILES string of the molecule is CN(Cc1ccncc1)CC1(N)CCCCC1. The van der Waals surface area contributed by atoms with Crippen LogP contribution in [-0.4, -0.2) is 29.0 Å². The van der Waals surface area contributed by atoms with Crippen LogP contribution >= 0.6 is 0 Å². The normalized spacial score (nSPS) is 19.5. The zero-order chi connectivity index (χ0) is 12.1. The van der Waals surface area contributed by atoms with Crippen molar-refractivity contribution in [2.75, 3.05) is 13.6 Å². The monoisotopic (exact) mass is 233 g/mol. The van der Waals surface area contributed by atoms with Gasteiger partial charge in [-0.25, -0.2) is 0 Å². The minimum atomic E-state index is 0.0417. The number of nitrogens with two attached hydrogens (primary N) is 1. The van der Waals surface area contributed by atoms with Gasteiger partial charge in [0, 0.05) is 31.0 Å². The molecule has 0 saturated heterocycles. The second-order valence-corrected chi connectivity index (χ2v) is 5.45. The Labute approximate surface area is 104 Å². The van der Waals surface area contributed by atoms with Crippen LogP contribution < -0.4 is 5.73 Å². The van der Waals surface area contributed by atoms with E-state index in [4.69, 9.17) is 5.73 Å². The van der Waals surface area contributed by atoms with Gasteiger partial charge in [-0.1, -0.05) is 19.3 Å². The first-order valence-corrected chi connectivity index (χ1v) is 6.54. The molecule has 17 heavy (non-hydrogen) atoms. The molecule has 2 N–H and O–H groups in total. The minimum absolute atomic E-state index is 0.0417. The van der Waals surface area contributed by atoms with Gasteiger partial charge in [-0.2, -0.15) is 0 Å². The van der Waals surface area contributed by atoms with Gasteiger partial charge in [-0.05, 0) is 37.6 Å². The van der Waals surface area contributed by atoms with Gasteiger partial charge in [0.1, 0.15) is 0 Å². The molecular formula is C14H23N3. The first-order valence-electron chi connectivity index (χ1n) is 6.54. The molecule has 0 spiro atoms. The number of pyridine rings is 1. The van der Waals surface area contributed by atoms with E-state index in [-0.39, 0.29) is 5.54 Å². The molecule has 1 aliphatic rings. The summed E-state index contributed by atoms with van der Waals surface area (Å²) in [7, 11) is 2.16. The van der Waals surface area contributed by atoms with E-state index in [0.29, 0.717) is 0 Å². The summed E-state index contributed by atoms with van der Waals surface area (Å²) in [5.74, 6) is 0. The van der Waals surface area contributed by atoms with E-state index in [1.54, 1.807) is 0 Å². The molecule has 1 fully saturated rings. The number of hydrogen-bond acceptors (Lipinski definition) is 3. The van der Waals surface area contributed by atoms with Crippen LogP contribution in [0.15, 0.2) is 24.5 Å². The molecule has 3 nitrogen and oxygen atoms in total. The topological polar surface area (TPSA) is 42.2 Å². The van der Waals surface area contributed by atoms with E-state index in [9.17, 15) is 0 Å². The van der Waals surface area contributed by atoms with E-state index < -0.39 is 0 Å². The Bertz CT molecular complexity index is 331. The van der Waals surface area contributed by atoms with Crippen LogP contribution in [-0.2, 0) is 6.54 Å². The molecule has 3 heteroatoms. The average Bonchev–Trinajstić information content (AvgIpc) is 2.30. The second kappa shape index (κ2) is 5.61. The molecule has 1 saturated carbocycles. The van der Waals surface area contributed by atoms with E-state index in [0.717, 1.165) is 13.1 Å². The lowest BCUT2D eigenvalue weighted by Gasteiger charge is -2.36. The zero-order valence-corrected chi connectivity index (χ0v) is 10.7. The minimum Gasteiger partial charge on any atom is -0.324 e. The predicted octanol–water partition coefficient (Wildman–Crippen LogP) is 2.17. The fourth-order valence-electron chi connectivity index (χ4n) is 2.81. The molecule has 1 aromatic rings. The summed E-state index contributed by atoms with van der Waals surface area (Å²) in [6.07, 6.45) is 9.98. The van der Waals surface area contributed by atoms with Crippen molar-refractivity contribution >= 4 is 0 Å². The summed E-state index contributed by atoms with van der Waals surface area (Å²) in [6.45, 7) is 1.96. The lowest BCUT2D eigenvalue weighted by Crippen LogP contribution is -2.50. The number of nitrogens with zero attached hydrogens (tertiary/aromatic N) is 2. The van der Waals surface area contributed by atoms with E-state index >= 15 is 0 Å². The summed E-state index contributed by atoms with van der Waals surface area (Å²) < 4.78 is 0. The van der Waals surface area contributed by atoms with Gasteiger partial charge < -0.3 is 10.6 Å². The van der Waals surface area contributed by atoms with Gasteiger partial charge in [0.15, 0.2) is 0 Å². The van der Waals surface area contributed by atoms with E-state index in [1.807, 2.05) is 12.4 Å². The lowest BCUT2D eigenvalue weighted by molar-refractivity contribution is 0.193. The largest absolute Gasteiger partial charge is 0.324 e. The van der Waals surface area contributed by atoms with Gasteiger partial charge in [-0.3, -0.25) is 4.98 Å². The highest BCUT2D eigenvalue weighted by molar-refractivity contribution is 5.09. The van der Waals surface area contributed by atoms with Gasteiger partial charge >= 0.3 is 0 Å². The van der Waals surface area contributed by atoms with Crippen LogP contribution in [0.2, 0.25) is 0 Å². The first-order chi connectivity index (χ1) is 8.18. The van der Waals surface area contributed by atoms with Crippen molar-refractivity contribution in [3.8, 4) is 0 Å². The third kappa shape index (κ3) is 3.79. The molecule has 0 aromatic carbocycles. The third-order valence-electron chi connectivity index (χ3n) is 3.64. The molecule has 1 aromatic heterocycles. The van der Waals surface area contributed by atoms with Gasteiger partial charge in [0.2, 0.25) is 0 Å². The summed E-state index contributed by atoms with van der Waals surface area (Å²) in [6, 6.07) is 4.14. The smallest absolute Gasteiger partial charge is 0.0283 e. The number of aromatic nitrogens is 1. The standard InChI is InChI=1S/C14H23N3/c1-17(11-13-5-9-16-10-6-13)12-14(15)7-3-2-4-8-14/h5-6,9-10H,2-4,7-8,11-12,15H2,1H3. The van der Waals surface area contributed by atoms with Crippen LogP contribution in [0, 0.1) is 0 Å². The molecule has 0 bridgehead atoms. The second-order valence-electron chi connectivity index (χ2n) is 5.45. The summed E-state index contributed by atoms with van der Waals surface area (Å²) >= 11 is 0. The molecule has 0 aliphatic heterocycles. The van der Waals surface area contributed by atoms with Crippen molar-refractivity contribution in [1.29, 1.82) is 0 Å². The van der Waals surface area contributed by atoms with Crippen molar-refractivity contribution in [3.63, 3.8) is 0 Å². The Balaban J connectivity index is 1.86. The number of likely N-dealkylation sites (N-methyl/N-ethyl adjacent to an activating group) is 1. The van der Waals surface area contributed by atoms with E-state index in [1.165, 1.54) is 37.7 Å². The maximum atomic E-state index is 6.46. The highest BCUT2D eigenvalue weighted by atomic mass is 15.1. The molecule has 1 heterocycles. The Morgan fingerprint density at radius 1 is 1.24 bits per heavy atom. The van der Waals surface area contributed by atoms with Crippen LogP contribution in [0.1, 0.15) is 37.7 Å². The Morgan fingerprint density at radius 3 is 2.53 bits per heavy atom. The molecular weight excluding hydrogens is 210 g/mol. The first kappa shape index (κ1) is 12.5. The molecule has 1 aliphatic carbocycles. The Kier molecular flexibility index (Phi) is 4.13. The highest BCUT2D eigenvalue weighted by Crippen LogP contribution is 2.26. The van der Waals surface area contributed by atoms with E-state index in [2.05, 4.69) is 29.1 Å². The van der Waals surface area contributed by atoms with Crippen LogP contribution in [0.4, 0.5) is 0 Å². The highest BCUT2D eigenvalue weighted by Gasteiger charge is 2.28. The average molecular weight is 233 g/mol. The summed E-state index contributed by atoms with van der Waals surface area (Å²) in [5, 5.41) is 0. The number of hydrogen-bond donors (Lipinski definition) is 1. The van der Waals surface area contributed by atoms with Crippen molar-refractivity contribution in [2.45, 2.75) is 44.2 Å². The van der Waals surface area contributed by atoms with Crippen molar-refractivity contribution in [2.24, 2.45) is 5.73 Å². The van der Waals surface area contributed by atoms with Crippen molar-refractivity contribution in [1.82, 2.24) is 9.88 Å². The van der Waals surface area contributed by atoms with Crippen LogP contribution in [0.25, 0.3) is 0 Å². The Hall–Kier alpha value is -0.930. The van der Waals surface area contributed by atoms with Gasteiger partial charge in [0.25, 0.3) is 0 Å². The quantitative estimate of drug-likeness (QED) is 0.866. The zero-order valence-electron chi connectivity index (χ0n) is 10.7. The van der Waals surface area contributed by atoms with Crippen molar-refractivity contribution < 1.29 is 0 Å². The third-order valence-corrected chi connectivity index (χ3v) is 3.64. The molecule has 0 radical (unpaired) electrons. The molecule has 0 unspecified atom stereocenters.